The van der Waals surface area contributed by atoms with Crippen LogP contribution in [0.2, 0.25) is 0 Å². The van der Waals surface area contributed by atoms with E-state index in [0.717, 1.165) is 37.0 Å². The molecule has 0 aliphatic heterocycles. The van der Waals surface area contributed by atoms with Gasteiger partial charge in [0.25, 0.3) is 0 Å². The highest BCUT2D eigenvalue weighted by molar-refractivity contribution is 5.78. The van der Waals surface area contributed by atoms with E-state index in [1.54, 1.807) is 0 Å². The molecule has 1 heteroatoms. The van der Waals surface area contributed by atoms with Crippen LogP contribution in [0, 0.1) is 23.2 Å². The van der Waals surface area contributed by atoms with Crippen LogP contribution in [0.4, 0.5) is 0 Å². The number of hydrogen-bond acceptors (Lipinski definition) is 1. The molecule has 4 fully saturated rings. The third-order valence-electron chi connectivity index (χ3n) is 6.39. The predicted octanol–water partition coefficient (Wildman–Crippen LogP) is 5.52. The monoisotopic (exact) mass is 276 g/mol. The third-order valence-corrected chi connectivity index (χ3v) is 6.39. The lowest BCUT2D eigenvalue weighted by molar-refractivity contribution is -0.119. The summed E-state index contributed by atoms with van der Waals surface area (Å²) in [5.41, 5.74) is 0.679. The number of hydrogen-bond donors (Lipinski definition) is 0. The van der Waals surface area contributed by atoms with Crippen molar-refractivity contribution >= 4 is 5.78 Å². The van der Waals surface area contributed by atoms with Crippen molar-refractivity contribution in [2.45, 2.75) is 90.4 Å². The summed E-state index contributed by atoms with van der Waals surface area (Å²) < 4.78 is 0. The standard InChI is InChI=1S/C19H32O/c1-2-3-4-6-18(20)7-5-8-19-12-15-9-16(13-19)11-17(10-15)14-19/h15-17H,2-14H2,1H3. The number of unbranched alkanes of at least 4 members (excludes halogenated alkanes) is 2. The van der Waals surface area contributed by atoms with Gasteiger partial charge in [0, 0.05) is 12.8 Å². The van der Waals surface area contributed by atoms with E-state index in [0.29, 0.717) is 11.2 Å². The van der Waals surface area contributed by atoms with Gasteiger partial charge in [-0.3, -0.25) is 4.79 Å². The van der Waals surface area contributed by atoms with Gasteiger partial charge in [-0.15, -0.1) is 0 Å². The third kappa shape index (κ3) is 3.28. The van der Waals surface area contributed by atoms with Crippen LogP contribution >= 0.6 is 0 Å². The fourth-order valence-corrected chi connectivity index (χ4v) is 5.95. The predicted molar refractivity (Wildman–Crippen MR) is 83.6 cm³/mol. The minimum Gasteiger partial charge on any atom is -0.300 e. The first-order valence-corrected chi connectivity index (χ1v) is 9.21. The summed E-state index contributed by atoms with van der Waals surface area (Å²) in [7, 11) is 0. The molecule has 114 valence electrons. The van der Waals surface area contributed by atoms with E-state index in [9.17, 15) is 4.79 Å². The van der Waals surface area contributed by atoms with Gasteiger partial charge < -0.3 is 0 Å². The van der Waals surface area contributed by atoms with Gasteiger partial charge in [0.05, 0.1) is 0 Å². The highest BCUT2D eigenvalue weighted by Crippen LogP contribution is 2.61. The molecule has 0 atom stereocenters. The van der Waals surface area contributed by atoms with Gasteiger partial charge in [0.15, 0.2) is 0 Å². The Morgan fingerprint density at radius 2 is 1.45 bits per heavy atom. The van der Waals surface area contributed by atoms with Gasteiger partial charge in [-0.05, 0) is 81.0 Å². The molecule has 1 nitrogen and oxygen atoms in total. The molecule has 20 heavy (non-hydrogen) atoms. The lowest BCUT2D eigenvalue weighted by Crippen LogP contribution is -2.45. The Balaban J connectivity index is 1.41. The molecule has 0 radical (unpaired) electrons. The van der Waals surface area contributed by atoms with Crippen molar-refractivity contribution in [3.05, 3.63) is 0 Å². The second kappa shape index (κ2) is 6.20. The largest absolute Gasteiger partial charge is 0.300 e. The van der Waals surface area contributed by atoms with E-state index in [1.165, 1.54) is 64.2 Å². The number of ketones is 1. The Labute approximate surface area is 124 Å². The molecule has 0 aromatic heterocycles. The van der Waals surface area contributed by atoms with Crippen LogP contribution in [0.5, 0.6) is 0 Å². The van der Waals surface area contributed by atoms with Crippen LogP contribution in [0.25, 0.3) is 0 Å². The molecule has 0 amide bonds. The zero-order valence-corrected chi connectivity index (χ0v) is 13.3. The van der Waals surface area contributed by atoms with E-state index in [2.05, 4.69) is 6.92 Å². The zero-order valence-electron chi connectivity index (χ0n) is 13.3. The van der Waals surface area contributed by atoms with E-state index in [-0.39, 0.29) is 0 Å². The van der Waals surface area contributed by atoms with Gasteiger partial charge in [0.2, 0.25) is 0 Å². The fraction of sp³-hybridized carbons (Fsp3) is 0.947. The topological polar surface area (TPSA) is 17.1 Å². The maximum atomic E-state index is 11.9. The Morgan fingerprint density at radius 1 is 0.900 bits per heavy atom. The van der Waals surface area contributed by atoms with Gasteiger partial charge in [-0.25, -0.2) is 0 Å². The van der Waals surface area contributed by atoms with Crippen LogP contribution < -0.4 is 0 Å². The van der Waals surface area contributed by atoms with Gasteiger partial charge in [-0.1, -0.05) is 19.8 Å². The second-order valence-electron chi connectivity index (χ2n) is 8.27. The van der Waals surface area contributed by atoms with Crippen molar-refractivity contribution < 1.29 is 4.79 Å². The lowest BCUT2D eigenvalue weighted by atomic mass is 9.48. The average molecular weight is 276 g/mol. The molecular weight excluding hydrogens is 244 g/mol. The molecule has 0 unspecified atom stereocenters. The molecule has 0 N–H and O–H groups in total. The number of carbonyl (C=O) groups excluding carboxylic acids is 1. The zero-order chi connectivity index (χ0) is 14.0. The SMILES string of the molecule is CCCCCC(=O)CCCC12CC3CC(CC(C3)C1)C2. The molecule has 0 aromatic rings. The maximum Gasteiger partial charge on any atom is 0.132 e. The van der Waals surface area contributed by atoms with Crippen molar-refractivity contribution in [1.29, 1.82) is 0 Å². The van der Waals surface area contributed by atoms with E-state index in [1.807, 2.05) is 0 Å². The summed E-state index contributed by atoms with van der Waals surface area (Å²) in [6, 6.07) is 0. The highest BCUT2D eigenvalue weighted by atomic mass is 16.1. The normalized spacial score (nSPS) is 38.4. The van der Waals surface area contributed by atoms with Crippen LogP contribution in [0.1, 0.15) is 90.4 Å². The van der Waals surface area contributed by atoms with Gasteiger partial charge >= 0.3 is 0 Å². The second-order valence-corrected chi connectivity index (χ2v) is 8.27. The Morgan fingerprint density at radius 3 is 2.00 bits per heavy atom. The molecule has 0 aromatic carbocycles. The molecule has 4 saturated carbocycles. The van der Waals surface area contributed by atoms with Crippen molar-refractivity contribution in [3.63, 3.8) is 0 Å². The van der Waals surface area contributed by atoms with Crippen LogP contribution in [-0.4, -0.2) is 5.78 Å². The first-order valence-electron chi connectivity index (χ1n) is 9.21. The Bertz CT molecular complexity index is 308. The van der Waals surface area contributed by atoms with Crippen molar-refractivity contribution in [2.24, 2.45) is 23.2 Å². The van der Waals surface area contributed by atoms with Gasteiger partial charge in [-0.2, -0.15) is 0 Å². The Kier molecular flexibility index (Phi) is 4.52. The number of rotatable bonds is 8. The molecule has 4 rings (SSSR count). The minimum atomic E-state index is 0.531. The van der Waals surface area contributed by atoms with Crippen molar-refractivity contribution in [1.82, 2.24) is 0 Å². The summed E-state index contributed by atoms with van der Waals surface area (Å²) >= 11 is 0. The summed E-state index contributed by atoms with van der Waals surface area (Å²) in [5.74, 6) is 3.70. The number of carbonyl (C=O) groups is 1. The Hall–Kier alpha value is -0.330. The molecule has 0 spiro atoms. The van der Waals surface area contributed by atoms with Crippen LogP contribution in [0.15, 0.2) is 0 Å². The van der Waals surface area contributed by atoms with Crippen LogP contribution in [0.3, 0.4) is 0 Å². The molecule has 0 heterocycles. The van der Waals surface area contributed by atoms with E-state index >= 15 is 0 Å². The summed E-state index contributed by atoms with van der Waals surface area (Å²) in [5, 5.41) is 0. The summed E-state index contributed by atoms with van der Waals surface area (Å²) in [6.45, 7) is 2.21. The highest BCUT2D eigenvalue weighted by Gasteiger charge is 2.50. The van der Waals surface area contributed by atoms with E-state index < -0.39 is 0 Å². The quantitative estimate of drug-likeness (QED) is 0.533. The van der Waals surface area contributed by atoms with Crippen LogP contribution in [-0.2, 0) is 4.79 Å². The summed E-state index contributed by atoms with van der Waals surface area (Å²) in [4.78, 5) is 11.9. The minimum absolute atomic E-state index is 0.531. The van der Waals surface area contributed by atoms with E-state index in [4.69, 9.17) is 0 Å². The van der Waals surface area contributed by atoms with Gasteiger partial charge in [0.1, 0.15) is 5.78 Å². The fourth-order valence-electron chi connectivity index (χ4n) is 5.95. The molecular formula is C19H32O. The number of Topliss-reactive ketones (excluding diaryl/α,β-unsaturated/α-hetero) is 1. The smallest absolute Gasteiger partial charge is 0.132 e. The molecule has 0 saturated heterocycles. The summed E-state index contributed by atoms with van der Waals surface area (Å²) in [6.07, 6.45) is 16.9. The first kappa shape index (κ1) is 14.6. The molecule has 4 aliphatic rings. The lowest BCUT2D eigenvalue weighted by Gasteiger charge is -2.57. The van der Waals surface area contributed by atoms with Crippen molar-refractivity contribution in [2.75, 3.05) is 0 Å². The van der Waals surface area contributed by atoms with Crippen molar-refractivity contribution in [3.8, 4) is 0 Å². The maximum absolute atomic E-state index is 11.9. The first-order chi connectivity index (χ1) is 9.69. The molecule has 4 aliphatic carbocycles. The average Bonchev–Trinajstić information content (AvgIpc) is 2.37. The molecule has 4 bridgehead atoms.